The highest BCUT2D eigenvalue weighted by Crippen LogP contribution is 2.11. The Balaban J connectivity index is 2.51. The third-order valence-electron chi connectivity index (χ3n) is 2.65. The fourth-order valence-corrected chi connectivity index (χ4v) is 1.42. The maximum absolute atomic E-state index is 5.83. The van der Waals surface area contributed by atoms with E-state index in [4.69, 9.17) is 16.3 Å². The molecule has 1 heterocycles. The minimum Gasteiger partial charge on any atom is -0.463 e. The van der Waals surface area contributed by atoms with Gasteiger partial charge in [0, 0.05) is 19.1 Å². The number of nitrogens with one attached hydrogen (secondary N) is 1. The van der Waals surface area contributed by atoms with Crippen molar-refractivity contribution in [3.8, 4) is 6.01 Å². The number of hydrogen-bond acceptors (Lipinski definition) is 6. The lowest BCUT2D eigenvalue weighted by atomic mass is 10.3. The highest BCUT2D eigenvalue weighted by molar-refractivity contribution is 6.28. The van der Waals surface area contributed by atoms with Gasteiger partial charge in [-0.15, -0.1) is 0 Å². The summed E-state index contributed by atoms with van der Waals surface area (Å²) in [6.45, 7) is 8.51. The van der Waals surface area contributed by atoms with E-state index in [2.05, 4.69) is 46.1 Å². The van der Waals surface area contributed by atoms with Gasteiger partial charge in [-0.3, -0.25) is 0 Å². The number of aromatic nitrogens is 3. The van der Waals surface area contributed by atoms with E-state index in [-0.39, 0.29) is 11.3 Å². The topological polar surface area (TPSA) is 63.2 Å². The van der Waals surface area contributed by atoms with Crippen LogP contribution in [0.25, 0.3) is 0 Å². The van der Waals surface area contributed by atoms with E-state index in [0.29, 0.717) is 18.6 Å². The van der Waals surface area contributed by atoms with Crippen molar-refractivity contribution in [2.24, 2.45) is 0 Å². The summed E-state index contributed by atoms with van der Waals surface area (Å²) < 4.78 is 5.35. The molecule has 19 heavy (non-hydrogen) atoms. The second-order valence-corrected chi connectivity index (χ2v) is 4.90. The highest BCUT2D eigenvalue weighted by atomic mass is 35.5. The molecular weight excluding hydrogens is 266 g/mol. The first kappa shape index (κ1) is 15.9. The predicted octanol–water partition coefficient (Wildman–Crippen LogP) is 2.07. The molecule has 1 rings (SSSR count). The van der Waals surface area contributed by atoms with Crippen LogP contribution >= 0.6 is 11.6 Å². The molecule has 0 saturated heterocycles. The molecule has 0 aliphatic heterocycles. The Morgan fingerprint density at radius 2 is 2.05 bits per heavy atom. The third kappa shape index (κ3) is 6.02. The monoisotopic (exact) mass is 287 g/mol. The van der Waals surface area contributed by atoms with E-state index < -0.39 is 0 Å². The summed E-state index contributed by atoms with van der Waals surface area (Å²) in [5.41, 5.74) is 0. The van der Waals surface area contributed by atoms with Crippen molar-refractivity contribution in [1.29, 1.82) is 0 Å². The van der Waals surface area contributed by atoms with Crippen molar-refractivity contribution >= 4 is 17.5 Å². The summed E-state index contributed by atoms with van der Waals surface area (Å²) in [5, 5.41) is 3.26. The molecule has 7 heteroatoms. The molecule has 1 aromatic heterocycles. The Bertz CT molecular complexity index is 388. The van der Waals surface area contributed by atoms with Crippen molar-refractivity contribution in [3.63, 3.8) is 0 Å². The summed E-state index contributed by atoms with van der Waals surface area (Å²) in [7, 11) is 2.07. The molecule has 0 fully saturated rings. The van der Waals surface area contributed by atoms with Gasteiger partial charge in [0.15, 0.2) is 0 Å². The molecule has 1 N–H and O–H groups in total. The maximum atomic E-state index is 5.83. The predicted molar refractivity (Wildman–Crippen MR) is 76.9 cm³/mol. The van der Waals surface area contributed by atoms with Crippen LogP contribution in [-0.4, -0.2) is 52.6 Å². The zero-order chi connectivity index (χ0) is 14.3. The largest absolute Gasteiger partial charge is 0.463 e. The van der Waals surface area contributed by atoms with Crippen molar-refractivity contribution in [3.05, 3.63) is 5.28 Å². The molecule has 0 radical (unpaired) electrons. The summed E-state index contributed by atoms with van der Waals surface area (Å²) in [4.78, 5) is 14.3. The standard InChI is InChI=1S/C12H22ClN5O/c1-5-8-19-12-16-10(13)15-11(17-12)14-6-7-18(4)9(2)3/h9H,5-8H2,1-4H3,(H,14,15,16,17). The van der Waals surface area contributed by atoms with Gasteiger partial charge in [-0.05, 0) is 38.9 Å². The molecule has 0 atom stereocenters. The Hall–Kier alpha value is -1.14. The second-order valence-electron chi connectivity index (χ2n) is 4.56. The van der Waals surface area contributed by atoms with Crippen LogP contribution in [0.4, 0.5) is 5.95 Å². The summed E-state index contributed by atoms with van der Waals surface area (Å²) in [6, 6.07) is 0.772. The van der Waals surface area contributed by atoms with Crippen molar-refractivity contribution in [2.75, 3.05) is 32.1 Å². The van der Waals surface area contributed by atoms with Gasteiger partial charge >= 0.3 is 6.01 Å². The fourth-order valence-electron chi connectivity index (χ4n) is 1.27. The number of halogens is 1. The lowest BCUT2D eigenvalue weighted by molar-refractivity contribution is 0.283. The van der Waals surface area contributed by atoms with Crippen LogP contribution in [0.3, 0.4) is 0 Å². The molecule has 0 spiro atoms. The molecule has 0 aromatic carbocycles. The fraction of sp³-hybridized carbons (Fsp3) is 0.750. The lowest BCUT2D eigenvalue weighted by Gasteiger charge is -2.20. The van der Waals surface area contributed by atoms with E-state index >= 15 is 0 Å². The molecule has 0 aliphatic carbocycles. The third-order valence-corrected chi connectivity index (χ3v) is 2.82. The molecule has 0 amide bonds. The van der Waals surface area contributed by atoms with Crippen LogP contribution in [0.2, 0.25) is 5.28 Å². The summed E-state index contributed by atoms with van der Waals surface area (Å²) in [6.07, 6.45) is 0.894. The van der Waals surface area contributed by atoms with Gasteiger partial charge in [-0.1, -0.05) is 6.92 Å². The van der Waals surface area contributed by atoms with Crippen LogP contribution in [0.1, 0.15) is 27.2 Å². The second kappa shape index (κ2) is 8.12. The number of ether oxygens (including phenoxy) is 1. The number of nitrogens with zero attached hydrogens (tertiary/aromatic N) is 4. The minimum absolute atomic E-state index is 0.140. The van der Waals surface area contributed by atoms with Gasteiger partial charge < -0.3 is 15.0 Å². The Labute approximate surface area is 119 Å². The van der Waals surface area contributed by atoms with Crippen LogP contribution in [-0.2, 0) is 0 Å². The van der Waals surface area contributed by atoms with E-state index in [1.54, 1.807) is 0 Å². The molecule has 6 nitrogen and oxygen atoms in total. The van der Waals surface area contributed by atoms with Crippen LogP contribution in [0.5, 0.6) is 6.01 Å². The SMILES string of the molecule is CCCOc1nc(Cl)nc(NCCN(C)C(C)C)n1. The minimum atomic E-state index is 0.140. The number of likely N-dealkylation sites (N-methyl/N-ethyl adjacent to an activating group) is 1. The molecule has 1 aromatic rings. The van der Waals surface area contributed by atoms with E-state index in [9.17, 15) is 0 Å². The average Bonchev–Trinajstić information content (AvgIpc) is 2.35. The van der Waals surface area contributed by atoms with Gasteiger partial charge in [0.25, 0.3) is 0 Å². The van der Waals surface area contributed by atoms with Gasteiger partial charge in [-0.25, -0.2) is 0 Å². The zero-order valence-electron chi connectivity index (χ0n) is 12.0. The lowest BCUT2D eigenvalue weighted by Crippen LogP contribution is -2.31. The molecule has 108 valence electrons. The molecule has 0 unspecified atom stereocenters. The zero-order valence-corrected chi connectivity index (χ0v) is 12.7. The Kier molecular flexibility index (Phi) is 6.80. The normalized spacial score (nSPS) is 11.1. The first-order valence-electron chi connectivity index (χ1n) is 6.51. The van der Waals surface area contributed by atoms with Gasteiger partial charge in [0.1, 0.15) is 0 Å². The van der Waals surface area contributed by atoms with E-state index in [0.717, 1.165) is 19.5 Å². The van der Waals surface area contributed by atoms with Crippen molar-refractivity contribution in [2.45, 2.75) is 33.2 Å². The highest BCUT2D eigenvalue weighted by Gasteiger charge is 2.07. The number of rotatable bonds is 8. The van der Waals surface area contributed by atoms with Crippen molar-refractivity contribution < 1.29 is 4.74 Å². The molecule has 0 aliphatic rings. The molecule has 0 saturated carbocycles. The van der Waals surface area contributed by atoms with Gasteiger partial charge in [0.2, 0.25) is 11.2 Å². The average molecular weight is 288 g/mol. The van der Waals surface area contributed by atoms with Crippen molar-refractivity contribution in [1.82, 2.24) is 19.9 Å². The van der Waals surface area contributed by atoms with E-state index in [1.807, 2.05) is 6.92 Å². The Morgan fingerprint density at radius 1 is 1.32 bits per heavy atom. The smallest absolute Gasteiger partial charge is 0.322 e. The molecule has 0 bridgehead atoms. The van der Waals surface area contributed by atoms with E-state index in [1.165, 1.54) is 0 Å². The quantitative estimate of drug-likeness (QED) is 0.790. The maximum Gasteiger partial charge on any atom is 0.322 e. The number of hydrogen-bond donors (Lipinski definition) is 1. The number of anilines is 1. The first-order chi connectivity index (χ1) is 9.02. The van der Waals surface area contributed by atoms with Gasteiger partial charge in [0.05, 0.1) is 6.61 Å². The summed E-state index contributed by atoms with van der Waals surface area (Å²) >= 11 is 5.83. The summed E-state index contributed by atoms with van der Waals surface area (Å²) in [5.74, 6) is 0.447. The molecular formula is C12H22ClN5O. The Morgan fingerprint density at radius 3 is 2.68 bits per heavy atom. The van der Waals surface area contributed by atoms with Crippen LogP contribution in [0, 0.1) is 0 Å². The van der Waals surface area contributed by atoms with Crippen LogP contribution < -0.4 is 10.1 Å². The van der Waals surface area contributed by atoms with Gasteiger partial charge in [-0.2, -0.15) is 15.0 Å². The first-order valence-corrected chi connectivity index (χ1v) is 6.89. The van der Waals surface area contributed by atoms with Crippen LogP contribution in [0.15, 0.2) is 0 Å².